The van der Waals surface area contributed by atoms with Gasteiger partial charge < -0.3 is 19.9 Å². The van der Waals surface area contributed by atoms with Crippen LogP contribution in [0.2, 0.25) is 0 Å². The van der Waals surface area contributed by atoms with Crippen LogP contribution in [0.15, 0.2) is 59.5 Å². The number of hydrogen-bond acceptors (Lipinski definition) is 8. The molecule has 12 heteroatoms. The summed E-state index contributed by atoms with van der Waals surface area (Å²) in [6, 6.07) is 14.0. The molecule has 1 saturated heterocycles. The molecule has 0 radical (unpaired) electrons. The number of nitrogens with zero attached hydrogens (tertiary/aromatic N) is 5. The van der Waals surface area contributed by atoms with E-state index in [-0.39, 0.29) is 11.8 Å². The highest BCUT2D eigenvalue weighted by Crippen LogP contribution is 2.32. The number of ether oxygens (including phenoxy) is 1. The van der Waals surface area contributed by atoms with Crippen molar-refractivity contribution in [3.63, 3.8) is 0 Å². The average Bonchev–Trinajstić information content (AvgIpc) is 2.86. The van der Waals surface area contributed by atoms with Gasteiger partial charge in [0.2, 0.25) is 5.95 Å². The Bertz CT molecular complexity index is 1150. The van der Waals surface area contributed by atoms with Crippen LogP contribution >= 0.6 is 11.9 Å². The third-order valence-corrected chi connectivity index (χ3v) is 6.61. The molecule has 0 unspecified atom stereocenters. The zero-order chi connectivity index (χ0) is 26.4. The molecule has 1 N–H and O–H groups in total. The molecule has 37 heavy (non-hydrogen) atoms. The lowest BCUT2D eigenvalue weighted by molar-refractivity contribution is -0.141. The molecule has 7 nitrogen and oxygen atoms in total. The summed E-state index contributed by atoms with van der Waals surface area (Å²) in [4.78, 5) is 12.9. The number of likely N-dealkylation sites (N-methyl/N-ethyl adjacent to an activating group) is 1. The van der Waals surface area contributed by atoms with E-state index in [1.54, 1.807) is 16.8 Å². The molecule has 3 aromatic rings. The van der Waals surface area contributed by atoms with Crippen LogP contribution in [0.3, 0.4) is 0 Å². The lowest BCUT2D eigenvalue weighted by Gasteiger charge is -2.34. The van der Waals surface area contributed by atoms with Crippen molar-refractivity contribution in [3.05, 3.63) is 66.1 Å². The molecule has 0 aliphatic carbocycles. The van der Waals surface area contributed by atoms with Crippen LogP contribution in [-0.4, -0.2) is 72.6 Å². The number of alkyl halides is 3. The molecule has 0 atom stereocenters. The van der Waals surface area contributed by atoms with Gasteiger partial charge in [0.05, 0.1) is 0 Å². The summed E-state index contributed by atoms with van der Waals surface area (Å²) in [6.45, 7) is 3.62. The summed E-state index contributed by atoms with van der Waals surface area (Å²) in [7, 11) is 3.98. The third-order valence-electron chi connectivity index (χ3n) is 5.51. The second-order valence-corrected chi connectivity index (χ2v) is 9.87. The minimum absolute atomic E-state index is 0.00307. The highest BCUT2D eigenvalue weighted by Gasteiger charge is 2.34. The maximum absolute atomic E-state index is 13.5. The minimum Gasteiger partial charge on any atom is -0.492 e. The molecule has 1 fully saturated rings. The van der Waals surface area contributed by atoms with Gasteiger partial charge in [0.25, 0.3) is 0 Å². The third kappa shape index (κ3) is 7.94. The maximum atomic E-state index is 13.5. The smallest absolute Gasteiger partial charge is 0.433 e. The number of aromatic nitrogens is 2. The van der Waals surface area contributed by atoms with Crippen molar-refractivity contribution in [3.8, 4) is 5.75 Å². The van der Waals surface area contributed by atoms with Crippen molar-refractivity contribution in [1.29, 1.82) is 0 Å². The highest BCUT2D eigenvalue weighted by molar-refractivity contribution is 7.97. The molecule has 0 bridgehead atoms. The zero-order valence-electron chi connectivity index (χ0n) is 20.5. The van der Waals surface area contributed by atoms with E-state index in [1.165, 1.54) is 24.3 Å². The molecule has 4 rings (SSSR count). The number of benzene rings is 2. The fourth-order valence-electron chi connectivity index (χ4n) is 3.54. The predicted octanol–water partition coefficient (Wildman–Crippen LogP) is 5.15. The van der Waals surface area contributed by atoms with Crippen LogP contribution in [0.5, 0.6) is 5.75 Å². The monoisotopic (exact) mass is 536 g/mol. The summed E-state index contributed by atoms with van der Waals surface area (Å²) in [5, 5.41) is 2.82. The summed E-state index contributed by atoms with van der Waals surface area (Å²) in [5.74, 6) is 0.365. The lowest BCUT2D eigenvalue weighted by atomic mass is 10.3. The van der Waals surface area contributed by atoms with Crippen molar-refractivity contribution >= 4 is 29.4 Å². The van der Waals surface area contributed by atoms with Gasteiger partial charge in [0.1, 0.15) is 24.0 Å². The number of anilines is 3. The predicted molar refractivity (Wildman–Crippen MR) is 137 cm³/mol. The van der Waals surface area contributed by atoms with Crippen molar-refractivity contribution in [1.82, 2.24) is 19.2 Å². The molecular formula is C25H28F4N6OS. The van der Waals surface area contributed by atoms with Crippen molar-refractivity contribution < 1.29 is 22.3 Å². The molecule has 198 valence electrons. The van der Waals surface area contributed by atoms with Crippen LogP contribution in [0.25, 0.3) is 0 Å². The summed E-state index contributed by atoms with van der Waals surface area (Å²) in [6.07, 6.45) is -4.63. The number of hydrogen-bond donors (Lipinski definition) is 1. The van der Waals surface area contributed by atoms with Gasteiger partial charge in [-0.3, -0.25) is 0 Å². The molecule has 0 spiro atoms. The van der Waals surface area contributed by atoms with Crippen LogP contribution in [0, 0.1) is 5.82 Å². The van der Waals surface area contributed by atoms with Gasteiger partial charge in [0, 0.05) is 49.4 Å². The summed E-state index contributed by atoms with van der Waals surface area (Å²) >= 11 is 1.59. The van der Waals surface area contributed by atoms with Crippen LogP contribution in [0.1, 0.15) is 5.69 Å². The Labute approximate surface area is 217 Å². The Kier molecular flexibility index (Phi) is 8.72. The SMILES string of the molecule is CN(C)CCOc1ccc(SN2CCN(c3nc(Nc4ccc(F)cc4)cc(C(F)(F)F)n3)CC2)cc1. The molecule has 0 amide bonds. The number of halogens is 4. The maximum Gasteiger partial charge on any atom is 0.433 e. The van der Waals surface area contributed by atoms with Gasteiger partial charge >= 0.3 is 6.18 Å². The molecule has 1 aliphatic rings. The van der Waals surface area contributed by atoms with Crippen molar-refractivity contribution in [2.24, 2.45) is 0 Å². The Morgan fingerprint density at radius 2 is 1.65 bits per heavy atom. The Balaban J connectivity index is 1.37. The number of rotatable bonds is 9. The van der Waals surface area contributed by atoms with Gasteiger partial charge in [-0.05, 0) is 74.6 Å². The Hall–Kier alpha value is -3.09. The fraction of sp³-hybridized carbons (Fsp3) is 0.360. The van der Waals surface area contributed by atoms with Gasteiger partial charge in [0.15, 0.2) is 5.69 Å². The first-order valence-corrected chi connectivity index (χ1v) is 12.5. The topological polar surface area (TPSA) is 56.8 Å². The Morgan fingerprint density at radius 3 is 2.27 bits per heavy atom. The van der Waals surface area contributed by atoms with E-state index in [1.807, 2.05) is 38.4 Å². The van der Waals surface area contributed by atoms with Crippen molar-refractivity contribution in [2.75, 3.05) is 63.6 Å². The lowest BCUT2D eigenvalue weighted by Crippen LogP contribution is -2.44. The average molecular weight is 537 g/mol. The second-order valence-electron chi connectivity index (χ2n) is 8.70. The first kappa shape index (κ1) is 27.0. The summed E-state index contributed by atoms with van der Waals surface area (Å²) < 4.78 is 61.7. The van der Waals surface area contributed by atoms with Crippen molar-refractivity contribution in [2.45, 2.75) is 11.1 Å². The van der Waals surface area contributed by atoms with Gasteiger partial charge in [-0.25, -0.2) is 13.7 Å². The van der Waals surface area contributed by atoms with E-state index in [2.05, 4.69) is 24.5 Å². The fourth-order valence-corrected chi connectivity index (χ4v) is 4.44. The van der Waals surface area contributed by atoms with E-state index in [0.29, 0.717) is 38.5 Å². The van der Waals surface area contributed by atoms with Crippen LogP contribution < -0.4 is 15.0 Å². The molecule has 2 heterocycles. The van der Waals surface area contributed by atoms with E-state index in [9.17, 15) is 17.6 Å². The van der Waals surface area contributed by atoms with E-state index in [0.717, 1.165) is 23.3 Å². The first-order valence-electron chi connectivity index (χ1n) is 11.7. The molecular weight excluding hydrogens is 508 g/mol. The second kappa shape index (κ2) is 12.0. The summed E-state index contributed by atoms with van der Waals surface area (Å²) in [5.41, 5.74) is -0.610. The Morgan fingerprint density at radius 1 is 0.973 bits per heavy atom. The number of piperazine rings is 1. The largest absolute Gasteiger partial charge is 0.492 e. The number of nitrogens with one attached hydrogen (secondary N) is 1. The van der Waals surface area contributed by atoms with Gasteiger partial charge in [-0.2, -0.15) is 18.2 Å². The van der Waals surface area contributed by atoms with E-state index < -0.39 is 17.7 Å². The van der Waals surface area contributed by atoms with E-state index in [4.69, 9.17) is 4.74 Å². The minimum atomic E-state index is -4.63. The molecule has 2 aromatic carbocycles. The van der Waals surface area contributed by atoms with Crippen LogP contribution in [0.4, 0.5) is 35.0 Å². The van der Waals surface area contributed by atoms with Gasteiger partial charge in [-0.15, -0.1) is 0 Å². The highest BCUT2D eigenvalue weighted by atomic mass is 32.2. The first-order chi connectivity index (χ1) is 17.7. The molecule has 1 aromatic heterocycles. The van der Waals surface area contributed by atoms with Crippen LogP contribution in [-0.2, 0) is 6.18 Å². The van der Waals surface area contributed by atoms with Gasteiger partial charge in [-0.1, -0.05) is 0 Å². The zero-order valence-corrected chi connectivity index (χ0v) is 21.3. The normalized spacial score (nSPS) is 14.7. The standard InChI is InChI=1S/C25H28F4N6OS/c1-33(2)15-16-36-20-7-9-21(10-8-20)37-35-13-11-34(12-14-35)24-31-22(25(27,28)29)17-23(32-24)30-19-5-3-18(26)4-6-19/h3-10,17H,11-16H2,1-2H3,(H,30,31,32). The molecule has 1 aliphatic heterocycles. The quantitative estimate of drug-likeness (QED) is 0.298. The molecule has 0 saturated carbocycles. The van der Waals surface area contributed by atoms with E-state index >= 15 is 0 Å².